The molecule has 1 saturated carbocycles. The van der Waals surface area contributed by atoms with Gasteiger partial charge in [0.1, 0.15) is 5.75 Å². The van der Waals surface area contributed by atoms with Gasteiger partial charge in [-0.1, -0.05) is 12.1 Å². The average Bonchev–Trinajstić information content (AvgIpc) is 3.12. The maximum atomic E-state index is 12.2. The summed E-state index contributed by atoms with van der Waals surface area (Å²) in [4.78, 5) is 0. The van der Waals surface area contributed by atoms with Gasteiger partial charge in [0, 0.05) is 5.82 Å². The van der Waals surface area contributed by atoms with Crippen molar-refractivity contribution in [3.63, 3.8) is 0 Å². The molecule has 1 aromatic rings. The molecule has 3 rings (SSSR count). The van der Waals surface area contributed by atoms with E-state index in [0.717, 1.165) is 12.0 Å². The fourth-order valence-electron chi connectivity index (χ4n) is 2.88. The van der Waals surface area contributed by atoms with E-state index in [-0.39, 0.29) is 35.8 Å². The number of alkyl halides is 3. The van der Waals surface area contributed by atoms with Crippen molar-refractivity contribution in [1.29, 1.82) is 0 Å². The van der Waals surface area contributed by atoms with E-state index >= 15 is 0 Å². The third kappa shape index (κ3) is 3.35. The van der Waals surface area contributed by atoms with Crippen LogP contribution in [0.25, 0.3) is 0 Å². The summed E-state index contributed by atoms with van der Waals surface area (Å²) in [6, 6.07) is 6.05. The van der Waals surface area contributed by atoms with E-state index in [1.54, 1.807) is 12.1 Å². The minimum absolute atomic E-state index is 0.200. The molecular weight excluding hydrogens is 308 g/mol. The lowest BCUT2D eigenvalue weighted by Gasteiger charge is -2.32. The molecule has 0 bridgehead atoms. The van der Waals surface area contributed by atoms with E-state index < -0.39 is 6.36 Å². The number of benzene rings is 1. The lowest BCUT2D eigenvalue weighted by atomic mass is 9.79. The number of halogens is 3. The van der Waals surface area contributed by atoms with Crippen LogP contribution in [-0.2, 0) is 9.31 Å². The Morgan fingerprint density at radius 1 is 1.04 bits per heavy atom. The zero-order valence-electron chi connectivity index (χ0n) is 13.6. The lowest BCUT2D eigenvalue weighted by Crippen LogP contribution is -2.41. The molecule has 3 nitrogen and oxygen atoms in total. The van der Waals surface area contributed by atoms with Gasteiger partial charge in [-0.15, -0.1) is 13.2 Å². The highest BCUT2D eigenvalue weighted by Crippen LogP contribution is 2.58. The molecule has 126 valence electrons. The molecule has 2 aliphatic rings. The van der Waals surface area contributed by atoms with Crippen molar-refractivity contribution < 1.29 is 27.2 Å². The van der Waals surface area contributed by atoms with Crippen LogP contribution in [0.1, 0.15) is 45.6 Å². The summed E-state index contributed by atoms with van der Waals surface area (Å²) in [7, 11) is -0.267. The van der Waals surface area contributed by atoms with Crippen molar-refractivity contribution in [3.05, 3.63) is 29.8 Å². The smallest absolute Gasteiger partial charge is 0.406 e. The van der Waals surface area contributed by atoms with Gasteiger partial charge in [0.25, 0.3) is 0 Å². The Bertz CT molecular complexity index is 567. The summed E-state index contributed by atoms with van der Waals surface area (Å²) in [5.74, 6) is 0.296. The third-order valence-electron chi connectivity index (χ3n) is 5.00. The molecule has 1 aromatic carbocycles. The highest BCUT2D eigenvalue weighted by molar-refractivity contribution is 6.49. The summed E-state index contributed by atoms with van der Waals surface area (Å²) in [6.07, 6.45) is -3.75. The topological polar surface area (TPSA) is 27.7 Å². The summed E-state index contributed by atoms with van der Waals surface area (Å²) in [5.41, 5.74) is 0.254. The number of hydrogen-bond acceptors (Lipinski definition) is 3. The third-order valence-corrected chi connectivity index (χ3v) is 5.00. The quantitative estimate of drug-likeness (QED) is 0.763. The fourth-order valence-corrected chi connectivity index (χ4v) is 2.88. The minimum Gasteiger partial charge on any atom is -0.406 e. The number of hydrogen-bond donors (Lipinski definition) is 0. The molecule has 2 atom stereocenters. The van der Waals surface area contributed by atoms with Gasteiger partial charge in [0.15, 0.2) is 0 Å². The maximum Gasteiger partial charge on any atom is 0.573 e. The van der Waals surface area contributed by atoms with Crippen LogP contribution in [0, 0.1) is 0 Å². The lowest BCUT2D eigenvalue weighted by molar-refractivity contribution is -0.274. The van der Waals surface area contributed by atoms with Gasteiger partial charge in [-0.05, 0) is 57.7 Å². The van der Waals surface area contributed by atoms with E-state index in [4.69, 9.17) is 9.31 Å². The van der Waals surface area contributed by atoms with Crippen molar-refractivity contribution in [2.24, 2.45) is 0 Å². The molecule has 0 spiro atoms. The van der Waals surface area contributed by atoms with Crippen LogP contribution < -0.4 is 4.74 Å². The molecule has 1 saturated heterocycles. The van der Waals surface area contributed by atoms with Crippen molar-refractivity contribution in [2.45, 2.75) is 63.4 Å². The van der Waals surface area contributed by atoms with Gasteiger partial charge in [0.05, 0.1) is 11.2 Å². The van der Waals surface area contributed by atoms with Crippen molar-refractivity contribution in [3.8, 4) is 5.75 Å². The van der Waals surface area contributed by atoms with E-state index in [1.807, 2.05) is 27.7 Å². The van der Waals surface area contributed by atoms with E-state index in [9.17, 15) is 13.2 Å². The monoisotopic (exact) mass is 328 g/mol. The molecule has 1 unspecified atom stereocenters. The summed E-state index contributed by atoms with van der Waals surface area (Å²) in [6.45, 7) is 8.03. The molecule has 2 fully saturated rings. The van der Waals surface area contributed by atoms with Gasteiger partial charge in [-0.2, -0.15) is 0 Å². The summed E-state index contributed by atoms with van der Waals surface area (Å²) >= 11 is 0. The molecule has 23 heavy (non-hydrogen) atoms. The predicted octanol–water partition coefficient (Wildman–Crippen LogP) is 4.53. The van der Waals surface area contributed by atoms with Crippen LogP contribution in [-0.4, -0.2) is 24.7 Å². The average molecular weight is 328 g/mol. The Hall–Kier alpha value is -1.21. The highest BCUT2D eigenvalue weighted by atomic mass is 19.4. The molecule has 0 aromatic heterocycles. The van der Waals surface area contributed by atoms with E-state index in [2.05, 4.69) is 4.74 Å². The molecule has 0 N–H and O–H groups in total. The predicted molar refractivity (Wildman–Crippen MR) is 80.3 cm³/mol. The van der Waals surface area contributed by atoms with Gasteiger partial charge in [-0.3, -0.25) is 0 Å². The van der Waals surface area contributed by atoms with E-state index in [1.165, 1.54) is 12.1 Å². The Balaban J connectivity index is 1.63. The highest BCUT2D eigenvalue weighted by Gasteiger charge is 2.59. The SMILES string of the molecule is CC1(C)OB([C@H]2CC2c2ccc(OC(F)(F)F)cc2)OC1(C)C. The summed E-state index contributed by atoms with van der Waals surface area (Å²) < 4.78 is 52.5. The van der Waals surface area contributed by atoms with Crippen LogP contribution in [0.4, 0.5) is 13.2 Å². The molecule has 0 radical (unpaired) electrons. The molecule has 0 amide bonds. The van der Waals surface area contributed by atoms with Crippen LogP contribution in [0.15, 0.2) is 24.3 Å². The normalized spacial score (nSPS) is 28.7. The zero-order chi connectivity index (χ0) is 17.0. The maximum absolute atomic E-state index is 12.2. The van der Waals surface area contributed by atoms with Gasteiger partial charge in [0.2, 0.25) is 0 Å². The Morgan fingerprint density at radius 3 is 2.04 bits per heavy atom. The van der Waals surface area contributed by atoms with Crippen molar-refractivity contribution in [1.82, 2.24) is 0 Å². The largest absolute Gasteiger partial charge is 0.573 e. The Kier molecular flexibility index (Phi) is 3.72. The second-order valence-corrected chi connectivity index (χ2v) is 7.25. The first-order valence-corrected chi connectivity index (χ1v) is 7.70. The Labute approximate surface area is 134 Å². The Morgan fingerprint density at radius 2 is 1.57 bits per heavy atom. The standard InChI is InChI=1S/C16H20BF3O3/c1-14(2)15(3,4)23-17(22-14)13-9-12(13)10-5-7-11(8-6-10)21-16(18,19)20/h5-8,12-13H,9H2,1-4H3/t12?,13-/m0/s1. The van der Waals surface area contributed by atoms with E-state index in [0.29, 0.717) is 0 Å². The molecule has 7 heteroatoms. The van der Waals surface area contributed by atoms with Crippen LogP contribution in [0.3, 0.4) is 0 Å². The van der Waals surface area contributed by atoms with Crippen LogP contribution in [0.5, 0.6) is 5.75 Å². The first-order chi connectivity index (χ1) is 10.5. The van der Waals surface area contributed by atoms with Crippen LogP contribution >= 0.6 is 0 Å². The number of ether oxygens (including phenoxy) is 1. The summed E-state index contributed by atoms with van der Waals surface area (Å²) in [5, 5.41) is 0. The second-order valence-electron chi connectivity index (χ2n) is 7.25. The van der Waals surface area contributed by atoms with Crippen molar-refractivity contribution in [2.75, 3.05) is 0 Å². The molecular formula is C16H20BF3O3. The second kappa shape index (κ2) is 5.15. The van der Waals surface area contributed by atoms with Crippen LogP contribution in [0.2, 0.25) is 5.82 Å². The van der Waals surface area contributed by atoms with Gasteiger partial charge in [-0.25, -0.2) is 0 Å². The molecule has 1 heterocycles. The minimum atomic E-state index is -4.66. The first kappa shape index (κ1) is 16.6. The van der Waals surface area contributed by atoms with Gasteiger partial charge >= 0.3 is 13.5 Å². The van der Waals surface area contributed by atoms with Gasteiger partial charge < -0.3 is 14.0 Å². The molecule has 1 aliphatic heterocycles. The molecule has 1 aliphatic carbocycles. The first-order valence-electron chi connectivity index (χ1n) is 7.70. The van der Waals surface area contributed by atoms with Crippen molar-refractivity contribution >= 4 is 7.12 Å². The fraction of sp³-hybridized carbons (Fsp3) is 0.625. The zero-order valence-corrected chi connectivity index (χ0v) is 13.6. The number of rotatable bonds is 3.